The molecule has 82 valence electrons. The third-order valence-electron chi connectivity index (χ3n) is 2.68. The minimum atomic E-state index is -0.762. The van der Waals surface area contributed by atoms with Crippen LogP contribution in [0.15, 0.2) is 11.6 Å². The van der Waals surface area contributed by atoms with Gasteiger partial charge in [0.25, 0.3) is 0 Å². The highest BCUT2D eigenvalue weighted by molar-refractivity contribution is 5.86. The maximum atomic E-state index is 10.8. The first-order chi connectivity index (χ1) is 6.65. The number of carbonyl (C=O) groups is 1. The molecule has 0 heterocycles. The van der Waals surface area contributed by atoms with E-state index < -0.39 is 5.97 Å². The summed E-state index contributed by atoms with van der Waals surface area (Å²) < 4.78 is 0. The predicted molar refractivity (Wildman–Crippen MR) is 59.3 cm³/mol. The Morgan fingerprint density at radius 1 is 1.43 bits per heavy atom. The van der Waals surface area contributed by atoms with Crippen LogP contribution in [0, 0.1) is 5.92 Å². The maximum Gasteiger partial charge on any atom is 0.331 e. The van der Waals surface area contributed by atoms with Gasteiger partial charge in [0.1, 0.15) is 0 Å². The van der Waals surface area contributed by atoms with Crippen LogP contribution in [0.25, 0.3) is 0 Å². The number of allylic oxidation sites excluding steroid dienone is 1. The van der Waals surface area contributed by atoms with Crippen molar-refractivity contribution in [2.75, 3.05) is 0 Å². The van der Waals surface area contributed by atoms with Gasteiger partial charge in [0.05, 0.1) is 0 Å². The van der Waals surface area contributed by atoms with Gasteiger partial charge in [0, 0.05) is 5.57 Å². The van der Waals surface area contributed by atoms with Crippen LogP contribution in [-0.2, 0) is 4.79 Å². The van der Waals surface area contributed by atoms with E-state index in [1.807, 2.05) is 0 Å². The average molecular weight is 198 g/mol. The first-order valence-corrected chi connectivity index (χ1v) is 5.54. The molecule has 0 rings (SSSR count). The molecule has 0 bridgehead atoms. The van der Waals surface area contributed by atoms with Crippen molar-refractivity contribution in [1.29, 1.82) is 0 Å². The third kappa shape index (κ3) is 5.05. The van der Waals surface area contributed by atoms with E-state index in [4.69, 9.17) is 5.11 Å². The Morgan fingerprint density at radius 2 is 2.07 bits per heavy atom. The number of carboxylic acids is 1. The van der Waals surface area contributed by atoms with Gasteiger partial charge in [0.2, 0.25) is 0 Å². The Hall–Kier alpha value is -0.790. The van der Waals surface area contributed by atoms with Gasteiger partial charge in [-0.2, -0.15) is 0 Å². The zero-order valence-electron chi connectivity index (χ0n) is 9.55. The lowest BCUT2D eigenvalue weighted by Gasteiger charge is -2.14. The summed E-state index contributed by atoms with van der Waals surface area (Å²) in [5.41, 5.74) is 0.563. The monoisotopic (exact) mass is 198 g/mol. The molecule has 1 unspecified atom stereocenters. The number of unbranched alkanes of at least 4 members (excludes halogenated alkanes) is 1. The molecule has 0 saturated heterocycles. The summed E-state index contributed by atoms with van der Waals surface area (Å²) in [6.07, 6.45) is 7.06. The van der Waals surface area contributed by atoms with E-state index >= 15 is 0 Å². The summed E-state index contributed by atoms with van der Waals surface area (Å²) >= 11 is 0. The lowest BCUT2D eigenvalue weighted by molar-refractivity contribution is -0.132. The fourth-order valence-corrected chi connectivity index (χ4v) is 1.58. The normalized spacial score (nSPS) is 14.1. The quantitative estimate of drug-likeness (QED) is 0.634. The smallest absolute Gasteiger partial charge is 0.331 e. The summed E-state index contributed by atoms with van der Waals surface area (Å²) in [6, 6.07) is 0. The fraction of sp³-hybridized carbons (Fsp3) is 0.750. The van der Waals surface area contributed by atoms with Crippen molar-refractivity contribution < 1.29 is 9.90 Å². The molecule has 14 heavy (non-hydrogen) atoms. The first-order valence-electron chi connectivity index (χ1n) is 5.54. The van der Waals surface area contributed by atoms with Gasteiger partial charge in [-0.1, -0.05) is 45.6 Å². The van der Waals surface area contributed by atoms with Crippen LogP contribution in [0.2, 0.25) is 0 Å². The van der Waals surface area contributed by atoms with E-state index in [1.165, 1.54) is 12.8 Å². The van der Waals surface area contributed by atoms with E-state index in [1.54, 1.807) is 13.0 Å². The second kappa shape index (κ2) is 7.60. The van der Waals surface area contributed by atoms with Crippen molar-refractivity contribution >= 4 is 5.97 Å². The Balaban J connectivity index is 4.08. The first kappa shape index (κ1) is 13.2. The van der Waals surface area contributed by atoms with E-state index in [2.05, 4.69) is 13.8 Å². The van der Waals surface area contributed by atoms with Gasteiger partial charge in [-0.25, -0.2) is 4.79 Å². The molecule has 1 atom stereocenters. The molecule has 0 spiro atoms. The third-order valence-corrected chi connectivity index (χ3v) is 2.68. The highest BCUT2D eigenvalue weighted by Gasteiger charge is 2.12. The molecule has 2 heteroatoms. The van der Waals surface area contributed by atoms with E-state index in [-0.39, 0.29) is 0 Å². The van der Waals surface area contributed by atoms with Crippen molar-refractivity contribution in [2.24, 2.45) is 5.92 Å². The number of aliphatic carboxylic acids is 1. The molecule has 1 N–H and O–H groups in total. The zero-order chi connectivity index (χ0) is 11.0. The second-order valence-electron chi connectivity index (χ2n) is 3.74. The van der Waals surface area contributed by atoms with Crippen LogP contribution >= 0.6 is 0 Å². The van der Waals surface area contributed by atoms with E-state index in [0.29, 0.717) is 11.5 Å². The van der Waals surface area contributed by atoms with Crippen LogP contribution < -0.4 is 0 Å². The van der Waals surface area contributed by atoms with E-state index in [9.17, 15) is 4.79 Å². The van der Waals surface area contributed by atoms with Crippen molar-refractivity contribution in [3.63, 3.8) is 0 Å². The van der Waals surface area contributed by atoms with E-state index in [0.717, 1.165) is 19.3 Å². The number of carboxylic acid groups (broad SMARTS) is 1. The lowest BCUT2D eigenvalue weighted by Crippen LogP contribution is -2.07. The summed E-state index contributed by atoms with van der Waals surface area (Å²) in [4.78, 5) is 10.8. The summed E-state index contributed by atoms with van der Waals surface area (Å²) in [5.74, 6) is -0.223. The molecular formula is C12H22O2. The molecule has 0 aliphatic carbocycles. The van der Waals surface area contributed by atoms with Crippen LogP contribution in [0.4, 0.5) is 0 Å². The number of rotatable bonds is 7. The van der Waals surface area contributed by atoms with Crippen molar-refractivity contribution in [3.05, 3.63) is 11.6 Å². The van der Waals surface area contributed by atoms with Crippen molar-refractivity contribution in [1.82, 2.24) is 0 Å². The summed E-state index contributed by atoms with van der Waals surface area (Å²) in [7, 11) is 0. The summed E-state index contributed by atoms with van der Waals surface area (Å²) in [6.45, 7) is 6.10. The molecule has 0 aromatic rings. The maximum absolute atomic E-state index is 10.8. The molecule has 0 aromatic heterocycles. The molecule has 0 radical (unpaired) electrons. The van der Waals surface area contributed by atoms with Gasteiger partial charge in [-0.15, -0.1) is 0 Å². The molecule has 0 aliphatic rings. The lowest BCUT2D eigenvalue weighted by atomic mass is 9.92. The predicted octanol–water partition coefficient (Wildman–Crippen LogP) is 3.62. The van der Waals surface area contributed by atoms with Crippen molar-refractivity contribution in [2.45, 2.75) is 52.9 Å². The highest BCUT2D eigenvalue weighted by Crippen LogP contribution is 2.21. The minimum Gasteiger partial charge on any atom is -0.478 e. The Morgan fingerprint density at radius 3 is 2.43 bits per heavy atom. The van der Waals surface area contributed by atoms with Crippen molar-refractivity contribution in [3.8, 4) is 0 Å². The molecule has 2 nitrogen and oxygen atoms in total. The largest absolute Gasteiger partial charge is 0.478 e. The fourth-order valence-electron chi connectivity index (χ4n) is 1.58. The molecule has 0 saturated carbocycles. The van der Waals surface area contributed by atoms with Crippen LogP contribution in [0.3, 0.4) is 0 Å². The minimum absolute atomic E-state index is 0.539. The van der Waals surface area contributed by atoms with Gasteiger partial charge in [-0.3, -0.25) is 0 Å². The molecule has 0 amide bonds. The van der Waals surface area contributed by atoms with Gasteiger partial charge in [0.15, 0.2) is 0 Å². The van der Waals surface area contributed by atoms with Gasteiger partial charge >= 0.3 is 5.97 Å². The standard InChI is InChI=1S/C12H22O2/c1-4-7-8-10(5-2)9-11(6-3)12(13)14/h6,10H,4-5,7-9H2,1-3H3,(H,13,14)/b11-6-. The van der Waals surface area contributed by atoms with Crippen LogP contribution in [0.5, 0.6) is 0 Å². The van der Waals surface area contributed by atoms with Crippen LogP contribution in [-0.4, -0.2) is 11.1 Å². The molecule has 0 fully saturated rings. The topological polar surface area (TPSA) is 37.3 Å². The summed E-state index contributed by atoms with van der Waals surface area (Å²) in [5, 5.41) is 8.87. The van der Waals surface area contributed by atoms with Crippen LogP contribution in [0.1, 0.15) is 52.9 Å². The number of hydrogen-bond donors (Lipinski definition) is 1. The molecule has 0 aromatic carbocycles. The molecular weight excluding hydrogens is 176 g/mol. The Kier molecular flexibility index (Phi) is 7.17. The SMILES string of the molecule is C/C=C(/CC(CC)CCCC)C(=O)O. The molecule has 0 aliphatic heterocycles. The highest BCUT2D eigenvalue weighted by atomic mass is 16.4. The Bertz CT molecular complexity index is 194. The second-order valence-corrected chi connectivity index (χ2v) is 3.74. The average Bonchev–Trinajstić information content (AvgIpc) is 2.18. The van der Waals surface area contributed by atoms with Gasteiger partial charge in [-0.05, 0) is 19.3 Å². The van der Waals surface area contributed by atoms with Gasteiger partial charge < -0.3 is 5.11 Å². The zero-order valence-corrected chi connectivity index (χ0v) is 9.55. The Labute approximate surface area is 87.0 Å². The number of hydrogen-bond acceptors (Lipinski definition) is 1.